The summed E-state index contributed by atoms with van der Waals surface area (Å²) in [5.41, 5.74) is 0.890. The second-order valence-corrected chi connectivity index (χ2v) is 4.69. The van der Waals surface area contributed by atoms with E-state index < -0.39 is 5.97 Å². The Hall–Kier alpha value is -0.940. The van der Waals surface area contributed by atoms with Gasteiger partial charge in [-0.3, -0.25) is 9.69 Å². The first kappa shape index (κ1) is 14.1. The summed E-state index contributed by atoms with van der Waals surface area (Å²) >= 11 is 3.28. The molecule has 0 unspecified atom stereocenters. The molecular weight excluding hydrogens is 289 g/mol. The average Bonchev–Trinajstić information content (AvgIpc) is 2.21. The van der Waals surface area contributed by atoms with Crippen molar-refractivity contribution in [3.05, 3.63) is 34.1 Å². The molecule has 17 heavy (non-hydrogen) atoms. The zero-order valence-electron chi connectivity index (χ0n) is 9.62. The maximum atomic E-state index is 12.9. The van der Waals surface area contributed by atoms with Crippen LogP contribution in [0.3, 0.4) is 0 Å². The van der Waals surface area contributed by atoms with Crippen molar-refractivity contribution >= 4 is 21.9 Å². The summed E-state index contributed by atoms with van der Waals surface area (Å²) in [6, 6.07) is 4.44. The molecular formula is C12H15BrFNO2. The Labute approximate surface area is 108 Å². The number of carboxylic acid groups (broad SMARTS) is 1. The smallest absolute Gasteiger partial charge is 0.317 e. The largest absolute Gasteiger partial charge is 0.480 e. The van der Waals surface area contributed by atoms with Gasteiger partial charge in [0.15, 0.2) is 0 Å². The normalized spacial score (nSPS) is 10.8. The predicted molar refractivity (Wildman–Crippen MR) is 67.3 cm³/mol. The summed E-state index contributed by atoms with van der Waals surface area (Å²) in [6.07, 6.45) is 0.881. The summed E-state index contributed by atoms with van der Waals surface area (Å²) in [5.74, 6) is -1.16. The summed E-state index contributed by atoms with van der Waals surface area (Å²) in [5, 5.41) is 8.79. The molecule has 1 aromatic rings. The Bertz CT molecular complexity index is 398. The molecule has 0 aromatic heterocycles. The van der Waals surface area contributed by atoms with Crippen molar-refractivity contribution < 1.29 is 14.3 Å². The molecule has 5 heteroatoms. The van der Waals surface area contributed by atoms with Crippen LogP contribution in [-0.2, 0) is 11.3 Å². The number of carbonyl (C=O) groups is 1. The van der Waals surface area contributed by atoms with Crippen LogP contribution in [0.15, 0.2) is 22.7 Å². The maximum Gasteiger partial charge on any atom is 0.317 e. The van der Waals surface area contributed by atoms with Gasteiger partial charge in [0, 0.05) is 11.0 Å². The van der Waals surface area contributed by atoms with Gasteiger partial charge < -0.3 is 5.11 Å². The molecule has 1 aromatic carbocycles. The third-order valence-corrected chi connectivity index (χ3v) is 3.05. The number of nitrogens with zero attached hydrogens (tertiary/aromatic N) is 1. The van der Waals surface area contributed by atoms with Crippen LogP contribution in [0.25, 0.3) is 0 Å². The Morgan fingerprint density at radius 2 is 2.24 bits per heavy atom. The van der Waals surface area contributed by atoms with Gasteiger partial charge in [0.2, 0.25) is 0 Å². The average molecular weight is 304 g/mol. The van der Waals surface area contributed by atoms with Crippen LogP contribution in [0.2, 0.25) is 0 Å². The molecule has 0 atom stereocenters. The number of rotatable bonds is 6. The molecule has 1 rings (SSSR count). The van der Waals surface area contributed by atoms with Crippen LogP contribution in [0.5, 0.6) is 0 Å². The van der Waals surface area contributed by atoms with E-state index in [1.54, 1.807) is 6.07 Å². The number of carboxylic acids is 1. The highest BCUT2D eigenvalue weighted by Crippen LogP contribution is 2.19. The van der Waals surface area contributed by atoms with Gasteiger partial charge in [0.1, 0.15) is 5.82 Å². The maximum absolute atomic E-state index is 12.9. The Morgan fingerprint density at radius 3 is 2.76 bits per heavy atom. The van der Waals surface area contributed by atoms with Crippen molar-refractivity contribution in [3.8, 4) is 0 Å². The van der Waals surface area contributed by atoms with Gasteiger partial charge in [-0.2, -0.15) is 0 Å². The zero-order valence-corrected chi connectivity index (χ0v) is 11.2. The zero-order chi connectivity index (χ0) is 12.8. The second-order valence-electron chi connectivity index (χ2n) is 3.84. The molecule has 0 saturated heterocycles. The number of hydrogen-bond donors (Lipinski definition) is 1. The highest BCUT2D eigenvalue weighted by atomic mass is 79.9. The van der Waals surface area contributed by atoms with Gasteiger partial charge in [-0.25, -0.2) is 4.39 Å². The molecule has 0 heterocycles. The van der Waals surface area contributed by atoms with E-state index >= 15 is 0 Å². The van der Waals surface area contributed by atoms with Crippen LogP contribution in [-0.4, -0.2) is 29.1 Å². The van der Waals surface area contributed by atoms with E-state index in [1.807, 2.05) is 11.8 Å². The fourth-order valence-corrected chi connectivity index (χ4v) is 2.09. The van der Waals surface area contributed by atoms with Gasteiger partial charge in [-0.05, 0) is 30.7 Å². The first-order valence-corrected chi connectivity index (χ1v) is 6.20. The first-order valence-electron chi connectivity index (χ1n) is 5.41. The Balaban J connectivity index is 2.74. The first-order chi connectivity index (χ1) is 8.02. The molecule has 0 radical (unpaired) electrons. The molecule has 0 aliphatic carbocycles. The fourth-order valence-electron chi connectivity index (χ4n) is 1.61. The van der Waals surface area contributed by atoms with Crippen molar-refractivity contribution in [1.29, 1.82) is 0 Å². The van der Waals surface area contributed by atoms with Crippen molar-refractivity contribution in [1.82, 2.24) is 4.90 Å². The lowest BCUT2D eigenvalue weighted by molar-refractivity contribution is -0.138. The van der Waals surface area contributed by atoms with Crippen LogP contribution in [0, 0.1) is 5.82 Å². The van der Waals surface area contributed by atoms with Crippen molar-refractivity contribution in [3.63, 3.8) is 0 Å². The molecule has 0 aliphatic heterocycles. The fraction of sp³-hybridized carbons (Fsp3) is 0.417. The third-order valence-electron chi connectivity index (χ3n) is 2.31. The van der Waals surface area contributed by atoms with E-state index in [4.69, 9.17) is 5.11 Å². The molecule has 3 nitrogen and oxygen atoms in total. The molecule has 0 spiro atoms. The third kappa shape index (κ3) is 4.83. The van der Waals surface area contributed by atoms with E-state index in [-0.39, 0.29) is 12.4 Å². The molecule has 0 amide bonds. The summed E-state index contributed by atoms with van der Waals surface area (Å²) in [4.78, 5) is 12.5. The number of aliphatic carboxylic acids is 1. The monoisotopic (exact) mass is 303 g/mol. The van der Waals surface area contributed by atoms with Crippen LogP contribution < -0.4 is 0 Å². The van der Waals surface area contributed by atoms with E-state index in [9.17, 15) is 9.18 Å². The van der Waals surface area contributed by atoms with Crippen LogP contribution in [0.1, 0.15) is 18.9 Å². The minimum atomic E-state index is -0.850. The van der Waals surface area contributed by atoms with Crippen molar-refractivity contribution in [2.45, 2.75) is 19.9 Å². The van der Waals surface area contributed by atoms with Crippen LogP contribution >= 0.6 is 15.9 Å². The number of benzene rings is 1. The Kier molecular flexibility index (Phi) is 5.58. The molecule has 0 bridgehead atoms. The Morgan fingerprint density at radius 1 is 1.53 bits per heavy atom. The van der Waals surface area contributed by atoms with Gasteiger partial charge >= 0.3 is 5.97 Å². The van der Waals surface area contributed by atoms with Gasteiger partial charge in [0.05, 0.1) is 6.54 Å². The van der Waals surface area contributed by atoms with Crippen molar-refractivity contribution in [2.75, 3.05) is 13.1 Å². The van der Waals surface area contributed by atoms with Gasteiger partial charge in [-0.1, -0.05) is 28.9 Å². The predicted octanol–water partition coefficient (Wildman–Crippen LogP) is 2.88. The quantitative estimate of drug-likeness (QED) is 0.878. The lowest BCUT2D eigenvalue weighted by Gasteiger charge is -2.20. The SMILES string of the molecule is CCCN(CC(=O)O)Cc1ccc(F)cc1Br. The van der Waals surface area contributed by atoms with E-state index in [0.29, 0.717) is 17.6 Å². The molecule has 0 fully saturated rings. The lowest BCUT2D eigenvalue weighted by atomic mass is 10.2. The summed E-state index contributed by atoms with van der Waals surface area (Å²) in [7, 11) is 0. The topological polar surface area (TPSA) is 40.5 Å². The van der Waals surface area contributed by atoms with Crippen LogP contribution in [0.4, 0.5) is 4.39 Å². The molecule has 0 aliphatic rings. The number of halogens is 2. The van der Waals surface area contributed by atoms with E-state index in [0.717, 1.165) is 12.0 Å². The van der Waals surface area contributed by atoms with Crippen molar-refractivity contribution in [2.24, 2.45) is 0 Å². The highest BCUT2D eigenvalue weighted by molar-refractivity contribution is 9.10. The van der Waals surface area contributed by atoms with E-state index in [1.165, 1.54) is 12.1 Å². The minimum absolute atomic E-state index is 0.00232. The minimum Gasteiger partial charge on any atom is -0.480 e. The van der Waals surface area contributed by atoms with E-state index in [2.05, 4.69) is 15.9 Å². The summed E-state index contributed by atoms with van der Waals surface area (Å²) in [6.45, 7) is 3.20. The highest BCUT2D eigenvalue weighted by Gasteiger charge is 2.11. The number of hydrogen-bond acceptors (Lipinski definition) is 2. The molecule has 94 valence electrons. The van der Waals surface area contributed by atoms with Gasteiger partial charge in [0.25, 0.3) is 0 Å². The summed E-state index contributed by atoms with van der Waals surface area (Å²) < 4.78 is 13.6. The molecule has 1 N–H and O–H groups in total. The lowest BCUT2D eigenvalue weighted by Crippen LogP contribution is -2.30. The second kappa shape index (κ2) is 6.71. The molecule has 0 saturated carbocycles. The standard InChI is InChI=1S/C12H15BrFNO2/c1-2-5-15(8-12(16)17)7-9-3-4-10(14)6-11(9)13/h3-4,6H,2,5,7-8H2,1H3,(H,16,17). The van der Waals surface area contributed by atoms with Gasteiger partial charge in [-0.15, -0.1) is 0 Å².